The minimum atomic E-state index is -0.235. The Morgan fingerprint density at radius 3 is 2.22 bits per heavy atom. The summed E-state index contributed by atoms with van der Waals surface area (Å²) in [7, 11) is 0. The zero-order valence-corrected chi connectivity index (χ0v) is 9.91. The molecule has 0 radical (unpaired) electrons. The number of hydrogen-bond acceptors (Lipinski definition) is 3. The molecule has 0 unspecified atom stereocenters. The molecule has 0 spiro atoms. The molecule has 1 atom stereocenters. The molecule has 0 saturated heterocycles. The standard InChI is InChI=1S/C15H14N2O/c16-11-10-15(17)12-6-8-14(9-7-12)18-13-4-2-1-3-5-13/h1-9,15H,10,17H2/t15-/m1/s1. The minimum Gasteiger partial charge on any atom is -0.457 e. The fourth-order valence-electron chi connectivity index (χ4n) is 1.62. The second-order valence-electron chi connectivity index (χ2n) is 3.95. The van der Waals surface area contributed by atoms with Gasteiger partial charge in [0.15, 0.2) is 0 Å². The lowest BCUT2D eigenvalue weighted by Gasteiger charge is -2.09. The summed E-state index contributed by atoms with van der Waals surface area (Å²) in [5, 5.41) is 8.59. The van der Waals surface area contributed by atoms with Gasteiger partial charge in [-0.15, -0.1) is 0 Å². The van der Waals surface area contributed by atoms with Crippen molar-refractivity contribution in [1.29, 1.82) is 5.26 Å². The van der Waals surface area contributed by atoms with E-state index in [-0.39, 0.29) is 6.04 Å². The maximum atomic E-state index is 8.59. The molecule has 0 heterocycles. The predicted molar refractivity (Wildman–Crippen MR) is 70.1 cm³/mol. The van der Waals surface area contributed by atoms with Crippen molar-refractivity contribution in [1.82, 2.24) is 0 Å². The van der Waals surface area contributed by atoms with Gasteiger partial charge >= 0.3 is 0 Å². The van der Waals surface area contributed by atoms with Gasteiger partial charge in [0.25, 0.3) is 0 Å². The first-order valence-electron chi connectivity index (χ1n) is 5.75. The molecular weight excluding hydrogens is 224 g/mol. The highest BCUT2D eigenvalue weighted by Crippen LogP contribution is 2.23. The summed E-state index contributed by atoms with van der Waals surface area (Å²) < 4.78 is 5.67. The van der Waals surface area contributed by atoms with Crippen molar-refractivity contribution in [2.45, 2.75) is 12.5 Å². The topological polar surface area (TPSA) is 59.0 Å². The molecule has 2 aromatic rings. The summed E-state index contributed by atoms with van der Waals surface area (Å²) in [5.41, 5.74) is 6.79. The zero-order chi connectivity index (χ0) is 12.8. The summed E-state index contributed by atoms with van der Waals surface area (Å²) in [5.74, 6) is 1.56. The first-order valence-corrected chi connectivity index (χ1v) is 5.75. The number of nitrogens with two attached hydrogens (primary N) is 1. The van der Waals surface area contributed by atoms with Crippen LogP contribution in [0.5, 0.6) is 11.5 Å². The number of hydrogen-bond donors (Lipinski definition) is 1. The maximum Gasteiger partial charge on any atom is 0.127 e. The lowest BCUT2D eigenvalue weighted by atomic mass is 10.1. The van der Waals surface area contributed by atoms with Crippen LogP contribution in [0.15, 0.2) is 54.6 Å². The van der Waals surface area contributed by atoms with Gasteiger partial charge in [0.2, 0.25) is 0 Å². The van der Waals surface area contributed by atoms with E-state index >= 15 is 0 Å². The van der Waals surface area contributed by atoms with Crippen molar-refractivity contribution >= 4 is 0 Å². The number of ether oxygens (including phenoxy) is 1. The Hall–Kier alpha value is -2.31. The zero-order valence-electron chi connectivity index (χ0n) is 9.91. The van der Waals surface area contributed by atoms with Crippen LogP contribution in [0.25, 0.3) is 0 Å². The first kappa shape index (κ1) is 12.2. The van der Waals surface area contributed by atoms with E-state index in [4.69, 9.17) is 15.7 Å². The Morgan fingerprint density at radius 2 is 1.61 bits per heavy atom. The summed E-state index contributed by atoms with van der Waals surface area (Å²) >= 11 is 0. The Kier molecular flexibility index (Phi) is 3.95. The SMILES string of the molecule is N#CC[C@@H](N)c1ccc(Oc2ccccc2)cc1. The van der Waals surface area contributed by atoms with Gasteiger partial charge in [0, 0.05) is 6.04 Å². The fraction of sp³-hybridized carbons (Fsp3) is 0.133. The van der Waals surface area contributed by atoms with E-state index in [1.54, 1.807) is 0 Å². The van der Waals surface area contributed by atoms with Crippen LogP contribution in [0.2, 0.25) is 0 Å². The van der Waals surface area contributed by atoms with Gasteiger partial charge < -0.3 is 10.5 Å². The largest absolute Gasteiger partial charge is 0.457 e. The average molecular weight is 238 g/mol. The normalized spacial score (nSPS) is 11.6. The van der Waals surface area contributed by atoms with Crippen LogP contribution >= 0.6 is 0 Å². The Labute approximate surface area is 106 Å². The number of benzene rings is 2. The Balaban J connectivity index is 2.07. The molecule has 2 rings (SSSR count). The third-order valence-corrected chi connectivity index (χ3v) is 2.60. The average Bonchev–Trinajstić information content (AvgIpc) is 2.41. The quantitative estimate of drug-likeness (QED) is 0.888. The summed E-state index contributed by atoms with van der Waals surface area (Å²) in [4.78, 5) is 0. The second-order valence-corrected chi connectivity index (χ2v) is 3.95. The smallest absolute Gasteiger partial charge is 0.127 e. The summed E-state index contributed by atoms with van der Waals surface area (Å²) in [6.07, 6.45) is 0.318. The Morgan fingerprint density at radius 1 is 1.00 bits per heavy atom. The van der Waals surface area contributed by atoms with Crippen molar-refractivity contribution in [2.75, 3.05) is 0 Å². The molecule has 0 saturated carbocycles. The van der Waals surface area contributed by atoms with E-state index in [2.05, 4.69) is 6.07 Å². The molecule has 0 aliphatic carbocycles. The van der Waals surface area contributed by atoms with Gasteiger partial charge in [-0.3, -0.25) is 0 Å². The van der Waals surface area contributed by atoms with Crippen LogP contribution in [0, 0.1) is 11.3 Å². The van der Waals surface area contributed by atoms with Gasteiger partial charge in [-0.2, -0.15) is 5.26 Å². The van der Waals surface area contributed by atoms with E-state index < -0.39 is 0 Å². The highest BCUT2D eigenvalue weighted by atomic mass is 16.5. The van der Waals surface area contributed by atoms with Gasteiger partial charge in [0.05, 0.1) is 12.5 Å². The maximum absolute atomic E-state index is 8.59. The molecule has 0 bridgehead atoms. The van der Waals surface area contributed by atoms with Gasteiger partial charge in [0.1, 0.15) is 11.5 Å². The van der Waals surface area contributed by atoms with Crippen molar-refractivity contribution in [2.24, 2.45) is 5.73 Å². The van der Waals surface area contributed by atoms with E-state index in [1.165, 1.54) is 0 Å². The monoisotopic (exact) mass is 238 g/mol. The van der Waals surface area contributed by atoms with E-state index in [1.807, 2.05) is 54.6 Å². The van der Waals surface area contributed by atoms with Crippen LogP contribution in [0.4, 0.5) is 0 Å². The molecule has 2 aromatic carbocycles. The second kappa shape index (κ2) is 5.85. The van der Waals surface area contributed by atoms with Crippen molar-refractivity contribution < 1.29 is 4.74 Å². The molecular formula is C15H14N2O. The Bertz CT molecular complexity index is 529. The highest BCUT2D eigenvalue weighted by molar-refractivity contribution is 5.34. The van der Waals surface area contributed by atoms with Crippen LogP contribution < -0.4 is 10.5 Å². The molecule has 3 heteroatoms. The number of para-hydroxylation sites is 1. The molecule has 2 N–H and O–H groups in total. The lowest BCUT2D eigenvalue weighted by Crippen LogP contribution is -2.08. The summed E-state index contributed by atoms with van der Waals surface area (Å²) in [6.45, 7) is 0. The van der Waals surface area contributed by atoms with E-state index in [0.29, 0.717) is 6.42 Å². The van der Waals surface area contributed by atoms with Crippen molar-refractivity contribution in [3.63, 3.8) is 0 Å². The van der Waals surface area contributed by atoms with E-state index in [9.17, 15) is 0 Å². The van der Waals surface area contributed by atoms with Crippen LogP contribution in [0.3, 0.4) is 0 Å². The molecule has 90 valence electrons. The minimum absolute atomic E-state index is 0.235. The van der Waals surface area contributed by atoms with Crippen LogP contribution in [-0.4, -0.2) is 0 Å². The van der Waals surface area contributed by atoms with Crippen LogP contribution in [0.1, 0.15) is 18.0 Å². The van der Waals surface area contributed by atoms with Gasteiger partial charge in [-0.25, -0.2) is 0 Å². The van der Waals surface area contributed by atoms with Crippen molar-refractivity contribution in [3.8, 4) is 17.6 Å². The van der Waals surface area contributed by atoms with Crippen molar-refractivity contribution in [3.05, 3.63) is 60.2 Å². The highest BCUT2D eigenvalue weighted by Gasteiger charge is 2.05. The predicted octanol–water partition coefficient (Wildman–Crippen LogP) is 3.39. The van der Waals surface area contributed by atoms with Gasteiger partial charge in [-0.05, 0) is 29.8 Å². The summed E-state index contributed by atoms with van der Waals surface area (Å²) in [6, 6.07) is 18.9. The molecule has 0 fully saturated rings. The molecule has 18 heavy (non-hydrogen) atoms. The van der Waals surface area contributed by atoms with Crippen LogP contribution in [-0.2, 0) is 0 Å². The number of rotatable bonds is 4. The molecule has 3 nitrogen and oxygen atoms in total. The lowest BCUT2D eigenvalue weighted by molar-refractivity contribution is 0.482. The fourth-order valence-corrected chi connectivity index (χ4v) is 1.62. The molecule has 0 amide bonds. The molecule has 0 aliphatic heterocycles. The first-order chi connectivity index (χ1) is 8.79. The molecule has 0 aliphatic rings. The van der Waals surface area contributed by atoms with E-state index in [0.717, 1.165) is 17.1 Å². The third-order valence-electron chi connectivity index (χ3n) is 2.60. The third kappa shape index (κ3) is 3.09. The molecule has 0 aromatic heterocycles. The number of nitriles is 1. The number of nitrogens with zero attached hydrogens (tertiary/aromatic N) is 1. The van der Waals surface area contributed by atoms with Gasteiger partial charge in [-0.1, -0.05) is 30.3 Å².